The van der Waals surface area contributed by atoms with E-state index in [2.05, 4.69) is 90.1 Å². The molecular formula is C20H26Li2. The van der Waals surface area contributed by atoms with Gasteiger partial charge in [-0.1, -0.05) is 90.1 Å². The zero-order valence-electron chi connectivity index (χ0n) is 15.6. The van der Waals surface area contributed by atoms with Crippen molar-refractivity contribution in [1.82, 2.24) is 0 Å². The van der Waals surface area contributed by atoms with Crippen molar-refractivity contribution in [1.29, 1.82) is 0 Å². The van der Waals surface area contributed by atoms with E-state index in [9.17, 15) is 0 Å². The van der Waals surface area contributed by atoms with E-state index >= 15 is 0 Å². The summed E-state index contributed by atoms with van der Waals surface area (Å²) in [6, 6.07) is 17.9. The van der Waals surface area contributed by atoms with Gasteiger partial charge in [-0.15, -0.1) is 0 Å². The molecule has 2 rings (SSSR count). The van der Waals surface area contributed by atoms with Gasteiger partial charge >= 0.3 is 0 Å². The SMILES string of the molecule is CC(C)(C)c1ccc(-c2ccc(C(C)(C)C)cc2)cc1.[Li].[Li]. The molecule has 0 atom stereocenters. The molecule has 2 aromatic carbocycles. The van der Waals surface area contributed by atoms with E-state index in [4.69, 9.17) is 0 Å². The van der Waals surface area contributed by atoms with E-state index in [0.29, 0.717) is 0 Å². The van der Waals surface area contributed by atoms with Crippen molar-refractivity contribution in [3.63, 3.8) is 0 Å². The van der Waals surface area contributed by atoms with Gasteiger partial charge in [0.1, 0.15) is 0 Å². The van der Waals surface area contributed by atoms with Crippen molar-refractivity contribution in [3.05, 3.63) is 59.7 Å². The van der Waals surface area contributed by atoms with Crippen molar-refractivity contribution in [2.24, 2.45) is 0 Å². The molecule has 0 fully saturated rings. The predicted octanol–water partition coefficient (Wildman–Crippen LogP) is 5.19. The summed E-state index contributed by atoms with van der Waals surface area (Å²) in [5.74, 6) is 0. The first-order valence-electron chi connectivity index (χ1n) is 7.39. The van der Waals surface area contributed by atoms with Crippen molar-refractivity contribution in [3.8, 4) is 11.1 Å². The minimum Gasteiger partial charge on any atom is -0.0579 e. The number of hydrogen-bond acceptors (Lipinski definition) is 0. The summed E-state index contributed by atoms with van der Waals surface area (Å²) in [4.78, 5) is 0. The van der Waals surface area contributed by atoms with E-state index in [1.54, 1.807) is 0 Å². The van der Waals surface area contributed by atoms with Gasteiger partial charge in [-0.2, -0.15) is 0 Å². The Morgan fingerprint density at radius 1 is 0.455 bits per heavy atom. The Balaban J connectivity index is 0.00000220. The van der Waals surface area contributed by atoms with E-state index in [1.165, 1.54) is 22.3 Å². The summed E-state index contributed by atoms with van der Waals surface area (Å²) in [7, 11) is 0. The van der Waals surface area contributed by atoms with Crippen LogP contribution in [-0.2, 0) is 10.8 Å². The van der Waals surface area contributed by atoms with Gasteiger partial charge < -0.3 is 0 Å². The molecule has 0 unspecified atom stereocenters. The maximum atomic E-state index is 2.25. The summed E-state index contributed by atoms with van der Waals surface area (Å²) >= 11 is 0. The zero-order chi connectivity index (χ0) is 15.0. The summed E-state index contributed by atoms with van der Waals surface area (Å²) in [5, 5.41) is 0. The average Bonchev–Trinajstić information content (AvgIpc) is 2.37. The molecule has 2 heteroatoms. The zero-order valence-corrected chi connectivity index (χ0v) is 15.6. The van der Waals surface area contributed by atoms with Crippen molar-refractivity contribution in [2.75, 3.05) is 0 Å². The average molecular weight is 280 g/mol. The van der Waals surface area contributed by atoms with Gasteiger partial charge in [-0.3, -0.25) is 0 Å². The molecule has 0 aromatic heterocycles. The summed E-state index contributed by atoms with van der Waals surface area (Å²) in [6.07, 6.45) is 0. The van der Waals surface area contributed by atoms with Crippen LogP contribution in [0, 0.1) is 0 Å². The second-order valence-corrected chi connectivity index (χ2v) is 7.65. The quantitative estimate of drug-likeness (QED) is 0.631. The van der Waals surface area contributed by atoms with Gasteiger partial charge in [-0.25, -0.2) is 0 Å². The van der Waals surface area contributed by atoms with Crippen LogP contribution in [0.3, 0.4) is 0 Å². The second kappa shape index (κ2) is 7.95. The Bertz CT molecular complexity index is 512. The summed E-state index contributed by atoms with van der Waals surface area (Å²) in [5.41, 5.74) is 5.78. The van der Waals surface area contributed by atoms with Gasteiger partial charge in [0, 0.05) is 37.7 Å². The van der Waals surface area contributed by atoms with Crippen LogP contribution < -0.4 is 0 Å². The third-order valence-electron chi connectivity index (χ3n) is 3.84. The second-order valence-electron chi connectivity index (χ2n) is 7.65. The molecule has 0 amide bonds. The van der Waals surface area contributed by atoms with E-state index in [1.807, 2.05) is 0 Å². The molecule has 0 nitrogen and oxygen atoms in total. The molecule has 0 spiro atoms. The first-order valence-corrected chi connectivity index (χ1v) is 7.39. The van der Waals surface area contributed by atoms with Gasteiger partial charge in [0.05, 0.1) is 0 Å². The summed E-state index contributed by atoms with van der Waals surface area (Å²) in [6.45, 7) is 13.5. The molecule has 0 heterocycles. The molecule has 0 bridgehead atoms. The molecule has 0 aliphatic carbocycles. The smallest absolute Gasteiger partial charge is 0 e. The largest absolute Gasteiger partial charge is 0.0579 e. The minimum atomic E-state index is 0. The molecule has 0 saturated heterocycles. The molecule has 108 valence electrons. The third-order valence-corrected chi connectivity index (χ3v) is 3.84. The first-order chi connectivity index (χ1) is 9.18. The molecule has 0 saturated carbocycles. The fourth-order valence-corrected chi connectivity index (χ4v) is 2.33. The van der Waals surface area contributed by atoms with Crippen molar-refractivity contribution < 1.29 is 0 Å². The first kappa shape index (κ1) is 21.6. The molecule has 22 heavy (non-hydrogen) atoms. The van der Waals surface area contributed by atoms with Crippen LogP contribution in [0.25, 0.3) is 11.1 Å². The van der Waals surface area contributed by atoms with Gasteiger partial charge in [0.15, 0.2) is 0 Å². The Hall–Kier alpha value is -0.365. The number of benzene rings is 2. The Kier molecular flexibility index (Phi) is 7.82. The maximum absolute atomic E-state index is 2.25. The van der Waals surface area contributed by atoms with Crippen molar-refractivity contribution in [2.45, 2.75) is 52.4 Å². The van der Waals surface area contributed by atoms with Gasteiger partial charge in [0.2, 0.25) is 0 Å². The van der Waals surface area contributed by atoms with Crippen LogP contribution in [0.5, 0.6) is 0 Å². The summed E-state index contributed by atoms with van der Waals surface area (Å²) < 4.78 is 0. The fraction of sp³-hybridized carbons (Fsp3) is 0.400. The fourth-order valence-electron chi connectivity index (χ4n) is 2.33. The van der Waals surface area contributed by atoms with E-state index in [0.717, 1.165) is 0 Å². The van der Waals surface area contributed by atoms with Crippen LogP contribution in [0.2, 0.25) is 0 Å². The Morgan fingerprint density at radius 3 is 0.864 bits per heavy atom. The topological polar surface area (TPSA) is 0 Å². The minimum absolute atomic E-state index is 0. The number of hydrogen-bond donors (Lipinski definition) is 0. The van der Waals surface area contributed by atoms with E-state index in [-0.39, 0.29) is 48.6 Å². The van der Waals surface area contributed by atoms with Crippen molar-refractivity contribution >= 4 is 37.7 Å². The van der Waals surface area contributed by atoms with Crippen LogP contribution >= 0.6 is 0 Å². The Labute approximate surface area is 160 Å². The molecule has 0 aliphatic rings. The molecular weight excluding hydrogens is 254 g/mol. The maximum Gasteiger partial charge on any atom is 0 e. The Morgan fingerprint density at radius 2 is 0.682 bits per heavy atom. The number of rotatable bonds is 1. The normalized spacial score (nSPS) is 11.4. The van der Waals surface area contributed by atoms with Crippen LogP contribution in [-0.4, -0.2) is 37.7 Å². The van der Waals surface area contributed by atoms with Crippen LogP contribution in [0.15, 0.2) is 48.5 Å². The molecule has 0 aliphatic heterocycles. The molecule has 0 N–H and O–H groups in total. The van der Waals surface area contributed by atoms with Crippen LogP contribution in [0.1, 0.15) is 52.7 Å². The van der Waals surface area contributed by atoms with Gasteiger partial charge in [-0.05, 0) is 33.1 Å². The predicted molar refractivity (Wildman–Crippen MR) is 101 cm³/mol. The molecule has 2 aromatic rings. The van der Waals surface area contributed by atoms with Crippen LogP contribution in [0.4, 0.5) is 0 Å². The monoisotopic (exact) mass is 280 g/mol. The third kappa shape index (κ3) is 5.37. The molecule has 2 radical (unpaired) electrons. The standard InChI is InChI=1S/C20H26.2Li/c1-19(2,3)17-11-7-15(8-12-17)16-9-13-18(14-10-16)20(4,5)6;;/h7-14H,1-6H3;;. The van der Waals surface area contributed by atoms with E-state index < -0.39 is 0 Å². The van der Waals surface area contributed by atoms with Gasteiger partial charge in [0.25, 0.3) is 0 Å².